The maximum absolute atomic E-state index is 11.8. The van der Waals surface area contributed by atoms with Crippen molar-refractivity contribution in [2.45, 2.75) is 51.0 Å². The monoisotopic (exact) mass is 333 g/mol. The summed E-state index contributed by atoms with van der Waals surface area (Å²) in [5, 5.41) is 15.3. The van der Waals surface area contributed by atoms with Crippen molar-refractivity contribution >= 4 is 26.2 Å². The molecule has 1 N–H and O–H groups in total. The van der Waals surface area contributed by atoms with Gasteiger partial charge >= 0.3 is 0 Å². The molecule has 2 aromatic carbocycles. The minimum atomic E-state index is -0.718. The van der Waals surface area contributed by atoms with Gasteiger partial charge in [-0.15, -0.1) is 0 Å². The summed E-state index contributed by atoms with van der Waals surface area (Å²) in [6.45, 7) is 2.10. The van der Waals surface area contributed by atoms with Crippen molar-refractivity contribution in [1.29, 1.82) is 0 Å². The van der Waals surface area contributed by atoms with Crippen LogP contribution in [-0.4, -0.2) is 15.3 Å². The third-order valence-corrected chi connectivity index (χ3v) is 7.78. The fraction of sp³-hybridized carbons (Fsp3) is 0.545. The van der Waals surface area contributed by atoms with Crippen LogP contribution in [-0.2, 0) is 5.60 Å². The van der Waals surface area contributed by atoms with Crippen LogP contribution in [0.1, 0.15) is 51.0 Å². The molecule has 0 saturated heterocycles. The second kappa shape index (κ2) is 4.95. The van der Waals surface area contributed by atoms with Crippen LogP contribution in [0.15, 0.2) is 36.4 Å². The van der Waals surface area contributed by atoms with Gasteiger partial charge in [-0.2, -0.15) is 0 Å². The smallest absolute Gasteiger partial charge is 0.0924 e. The Morgan fingerprint density at radius 1 is 0.917 bits per heavy atom. The predicted molar refractivity (Wildman–Crippen MR) is 99.5 cm³/mol. The molecular weight excluding hydrogens is 308 g/mol. The first-order valence-electron chi connectivity index (χ1n) is 9.43. The zero-order chi connectivity index (χ0) is 16.5. The number of fused-ring (bicyclic) bond motifs is 1. The van der Waals surface area contributed by atoms with Crippen molar-refractivity contribution in [2.24, 2.45) is 23.2 Å². The zero-order valence-electron chi connectivity index (χ0n) is 14.4. The molecule has 1 atom stereocenters. The van der Waals surface area contributed by atoms with E-state index in [9.17, 15) is 5.11 Å². The molecule has 4 saturated carbocycles. The first kappa shape index (κ1) is 15.2. The van der Waals surface area contributed by atoms with E-state index >= 15 is 0 Å². The highest BCUT2D eigenvalue weighted by molar-refractivity contribution is 6.33. The highest BCUT2D eigenvalue weighted by atomic mass is 28.1. The Kier molecular flexibility index (Phi) is 3.13. The molecule has 2 heteroatoms. The molecule has 2 aromatic rings. The van der Waals surface area contributed by atoms with Crippen LogP contribution in [0.2, 0.25) is 0 Å². The van der Waals surface area contributed by atoms with Gasteiger partial charge in [0.2, 0.25) is 0 Å². The summed E-state index contributed by atoms with van der Waals surface area (Å²) in [6.07, 6.45) is 7.93. The lowest BCUT2D eigenvalue weighted by Crippen LogP contribution is -2.55. The molecular formula is C22H25OSi. The molecule has 0 aromatic heterocycles. The van der Waals surface area contributed by atoms with Crippen LogP contribution in [0.5, 0.6) is 0 Å². The highest BCUT2D eigenvalue weighted by Crippen LogP contribution is 2.65. The number of hydrogen-bond acceptors (Lipinski definition) is 1. The van der Waals surface area contributed by atoms with Crippen LogP contribution < -0.4 is 5.19 Å². The van der Waals surface area contributed by atoms with Gasteiger partial charge in [-0.25, -0.2) is 0 Å². The Bertz CT molecular complexity index is 771. The first-order chi connectivity index (χ1) is 11.5. The first-order valence-corrected chi connectivity index (χ1v) is 9.93. The van der Waals surface area contributed by atoms with Crippen molar-refractivity contribution in [3.63, 3.8) is 0 Å². The molecule has 0 spiro atoms. The van der Waals surface area contributed by atoms with Gasteiger partial charge in [0.05, 0.1) is 15.8 Å². The Morgan fingerprint density at radius 2 is 1.46 bits per heavy atom. The van der Waals surface area contributed by atoms with Gasteiger partial charge in [-0.1, -0.05) is 35.5 Å². The molecule has 0 aliphatic heterocycles. The minimum Gasteiger partial charge on any atom is -0.385 e. The van der Waals surface area contributed by atoms with Crippen molar-refractivity contribution in [3.05, 3.63) is 42.0 Å². The summed E-state index contributed by atoms with van der Waals surface area (Å²) in [5.74, 6) is 2.58. The van der Waals surface area contributed by atoms with Crippen molar-refractivity contribution < 1.29 is 5.11 Å². The summed E-state index contributed by atoms with van der Waals surface area (Å²) >= 11 is 0. The Balaban J connectivity index is 1.58. The number of aliphatic hydroxyl groups is 1. The molecule has 4 aliphatic rings. The molecule has 4 fully saturated rings. The lowest BCUT2D eigenvalue weighted by molar-refractivity contribution is -0.176. The Labute approximate surface area is 147 Å². The Hall–Kier alpha value is -1.12. The van der Waals surface area contributed by atoms with Crippen LogP contribution in [0.4, 0.5) is 0 Å². The predicted octanol–water partition coefficient (Wildman–Crippen LogP) is 4.06. The maximum atomic E-state index is 11.8. The molecule has 3 radical (unpaired) electrons. The van der Waals surface area contributed by atoms with Crippen LogP contribution in [0.25, 0.3) is 10.8 Å². The van der Waals surface area contributed by atoms with E-state index in [1.807, 2.05) is 0 Å². The molecule has 123 valence electrons. The summed E-state index contributed by atoms with van der Waals surface area (Å²) in [4.78, 5) is 0. The number of benzene rings is 2. The largest absolute Gasteiger partial charge is 0.385 e. The normalized spacial score (nSPS) is 36.9. The third kappa shape index (κ3) is 2.09. The number of rotatable bonds is 2. The molecule has 24 heavy (non-hydrogen) atoms. The topological polar surface area (TPSA) is 20.2 Å². The van der Waals surface area contributed by atoms with Crippen LogP contribution in [0, 0.1) is 23.2 Å². The molecule has 0 amide bonds. The summed E-state index contributed by atoms with van der Waals surface area (Å²) in [6, 6.07) is 12.9. The van der Waals surface area contributed by atoms with E-state index in [0.717, 1.165) is 28.5 Å². The van der Waals surface area contributed by atoms with E-state index in [2.05, 4.69) is 53.6 Å². The summed E-state index contributed by atoms with van der Waals surface area (Å²) in [7, 11) is 3.60. The summed E-state index contributed by atoms with van der Waals surface area (Å²) in [5.41, 5.74) is 0.493. The highest BCUT2D eigenvalue weighted by Gasteiger charge is 2.58. The average Bonchev–Trinajstić information content (AvgIpc) is 2.53. The van der Waals surface area contributed by atoms with E-state index in [1.54, 1.807) is 0 Å². The lowest BCUT2D eigenvalue weighted by atomic mass is 9.45. The summed E-state index contributed by atoms with van der Waals surface area (Å²) < 4.78 is 0. The van der Waals surface area contributed by atoms with E-state index in [-0.39, 0.29) is 5.41 Å². The van der Waals surface area contributed by atoms with Gasteiger partial charge in [0.1, 0.15) is 0 Å². The van der Waals surface area contributed by atoms with Gasteiger partial charge in [0.25, 0.3) is 0 Å². The molecule has 1 nitrogen and oxygen atoms in total. The van der Waals surface area contributed by atoms with Gasteiger partial charge in [-0.3, -0.25) is 0 Å². The molecule has 0 heterocycles. The second-order valence-corrected chi connectivity index (χ2v) is 9.62. The maximum Gasteiger partial charge on any atom is 0.0924 e. The SMILES string of the molecule is CC(O)(c1ccc2cc([Si])ccc2c1)C12CC3CC(CC(C3)C1)C2. The lowest BCUT2D eigenvalue weighted by Gasteiger charge is -2.61. The van der Waals surface area contributed by atoms with Crippen molar-refractivity contribution in [3.8, 4) is 0 Å². The van der Waals surface area contributed by atoms with Gasteiger partial charge in [-0.05, 0) is 85.6 Å². The molecule has 6 rings (SSSR count). The number of hydrogen-bond donors (Lipinski definition) is 1. The van der Waals surface area contributed by atoms with E-state index in [0.29, 0.717) is 0 Å². The fourth-order valence-corrected chi connectivity index (χ4v) is 6.80. The second-order valence-electron chi connectivity index (χ2n) is 9.05. The molecule has 4 aliphatic carbocycles. The van der Waals surface area contributed by atoms with Gasteiger partial charge in [0.15, 0.2) is 0 Å². The molecule has 1 unspecified atom stereocenters. The third-order valence-electron chi connectivity index (χ3n) is 7.47. The van der Waals surface area contributed by atoms with E-state index in [4.69, 9.17) is 0 Å². The van der Waals surface area contributed by atoms with Gasteiger partial charge in [0, 0.05) is 5.41 Å². The average molecular weight is 334 g/mol. The minimum absolute atomic E-state index is 0.102. The van der Waals surface area contributed by atoms with Crippen LogP contribution in [0.3, 0.4) is 0 Å². The van der Waals surface area contributed by atoms with Crippen molar-refractivity contribution in [1.82, 2.24) is 0 Å². The van der Waals surface area contributed by atoms with E-state index in [1.165, 1.54) is 49.3 Å². The van der Waals surface area contributed by atoms with Crippen LogP contribution >= 0.6 is 0 Å². The Morgan fingerprint density at radius 3 is 2.08 bits per heavy atom. The molecule has 4 bridgehead atoms. The zero-order valence-corrected chi connectivity index (χ0v) is 15.4. The quantitative estimate of drug-likeness (QED) is 0.822. The fourth-order valence-electron chi connectivity index (χ4n) is 6.56. The van der Waals surface area contributed by atoms with Crippen molar-refractivity contribution in [2.75, 3.05) is 0 Å². The van der Waals surface area contributed by atoms with Gasteiger partial charge < -0.3 is 5.11 Å². The van der Waals surface area contributed by atoms with E-state index < -0.39 is 5.60 Å². The standard InChI is InChI=1S/C22H25OSi/c1-21(23,19-4-2-18-10-20(24)5-3-17(18)9-19)22-11-14-6-15(12-22)8-16(7-14)13-22/h2-5,9-10,14-16,23H,6-8,11-13H2,1H3.